The topological polar surface area (TPSA) is 40.5 Å². The van der Waals surface area contributed by atoms with Gasteiger partial charge in [-0.3, -0.25) is 9.69 Å². The summed E-state index contributed by atoms with van der Waals surface area (Å²) in [4.78, 5) is 14.0. The van der Waals surface area contributed by atoms with E-state index in [-0.39, 0.29) is 12.0 Å². The van der Waals surface area contributed by atoms with E-state index in [4.69, 9.17) is 0 Å². The molecule has 1 unspecified atom stereocenters. The summed E-state index contributed by atoms with van der Waals surface area (Å²) in [6.45, 7) is 2.09. The number of aliphatic carboxylic acids is 1. The maximum atomic E-state index is 11.5. The van der Waals surface area contributed by atoms with Crippen LogP contribution in [0, 0.1) is 0 Å². The summed E-state index contributed by atoms with van der Waals surface area (Å²) in [5, 5.41) is 9.46. The second-order valence-electron chi connectivity index (χ2n) is 6.16. The number of carboxylic acids is 1. The van der Waals surface area contributed by atoms with E-state index in [1.807, 2.05) is 0 Å². The lowest BCUT2D eigenvalue weighted by molar-refractivity contribution is -0.141. The Kier molecular flexibility index (Phi) is 3.79. The van der Waals surface area contributed by atoms with Crippen molar-refractivity contribution in [2.45, 2.75) is 50.5 Å². The Labute approximate surface area is 120 Å². The van der Waals surface area contributed by atoms with Gasteiger partial charge in [-0.2, -0.15) is 0 Å². The number of likely N-dealkylation sites (tertiary alicyclic amines) is 1. The van der Waals surface area contributed by atoms with Crippen LogP contribution >= 0.6 is 0 Å². The van der Waals surface area contributed by atoms with Crippen molar-refractivity contribution in [3.63, 3.8) is 0 Å². The summed E-state index contributed by atoms with van der Waals surface area (Å²) in [6.07, 6.45) is 7.08. The molecule has 2 aliphatic rings. The lowest BCUT2D eigenvalue weighted by Crippen LogP contribution is -2.51. The molecule has 0 bridgehead atoms. The molecule has 1 aromatic carbocycles. The quantitative estimate of drug-likeness (QED) is 0.919. The molecule has 0 amide bonds. The summed E-state index contributed by atoms with van der Waals surface area (Å²) in [7, 11) is 0. The molecule has 20 heavy (non-hydrogen) atoms. The van der Waals surface area contributed by atoms with Crippen LogP contribution in [-0.2, 0) is 16.8 Å². The van der Waals surface area contributed by atoms with Gasteiger partial charge in [0, 0.05) is 0 Å². The zero-order valence-electron chi connectivity index (χ0n) is 12.0. The molecule has 0 saturated carbocycles. The summed E-state index contributed by atoms with van der Waals surface area (Å²) in [5.41, 5.74) is 2.36. The summed E-state index contributed by atoms with van der Waals surface area (Å²) in [6, 6.07) is 8.47. The Balaban J connectivity index is 2.04. The molecular weight excluding hydrogens is 250 g/mol. The number of benzene rings is 1. The maximum Gasteiger partial charge on any atom is 0.305 e. The van der Waals surface area contributed by atoms with E-state index in [0.29, 0.717) is 0 Å². The van der Waals surface area contributed by atoms with E-state index in [2.05, 4.69) is 29.2 Å². The standard InChI is InChI=1S/C17H23NO2/c19-16(20)13-17(18-11-4-1-5-12-18)10-6-8-14-7-2-3-9-15(14)17/h2-3,7,9H,1,4-6,8,10-13H2,(H,19,20). The molecule has 1 aliphatic heterocycles. The first-order valence-corrected chi connectivity index (χ1v) is 7.78. The van der Waals surface area contributed by atoms with Crippen molar-refractivity contribution in [3.8, 4) is 0 Å². The van der Waals surface area contributed by atoms with Gasteiger partial charge in [-0.25, -0.2) is 0 Å². The second-order valence-corrected chi connectivity index (χ2v) is 6.16. The van der Waals surface area contributed by atoms with E-state index in [0.717, 1.165) is 32.4 Å². The number of hydrogen-bond donors (Lipinski definition) is 1. The summed E-state index contributed by atoms with van der Waals surface area (Å²) >= 11 is 0. The van der Waals surface area contributed by atoms with Crippen LogP contribution < -0.4 is 0 Å². The van der Waals surface area contributed by atoms with E-state index in [9.17, 15) is 9.90 Å². The van der Waals surface area contributed by atoms with Gasteiger partial charge >= 0.3 is 5.97 Å². The minimum Gasteiger partial charge on any atom is -0.481 e. The zero-order chi connectivity index (χ0) is 14.0. The molecule has 0 radical (unpaired) electrons. The third kappa shape index (κ3) is 2.35. The van der Waals surface area contributed by atoms with E-state index < -0.39 is 5.97 Å². The largest absolute Gasteiger partial charge is 0.481 e. The average Bonchev–Trinajstić information content (AvgIpc) is 2.48. The normalized spacial score (nSPS) is 27.0. The highest BCUT2D eigenvalue weighted by atomic mass is 16.4. The van der Waals surface area contributed by atoms with Gasteiger partial charge in [0.2, 0.25) is 0 Å². The van der Waals surface area contributed by atoms with E-state index >= 15 is 0 Å². The number of rotatable bonds is 3. The smallest absolute Gasteiger partial charge is 0.305 e. The number of hydrogen-bond acceptors (Lipinski definition) is 2. The van der Waals surface area contributed by atoms with Crippen LogP contribution in [0.4, 0.5) is 0 Å². The minimum absolute atomic E-state index is 0.240. The van der Waals surface area contributed by atoms with Gasteiger partial charge in [0.25, 0.3) is 0 Å². The van der Waals surface area contributed by atoms with Gasteiger partial charge < -0.3 is 5.11 Å². The number of carboxylic acid groups (broad SMARTS) is 1. The van der Waals surface area contributed by atoms with Gasteiger partial charge in [0.1, 0.15) is 0 Å². The maximum absolute atomic E-state index is 11.5. The molecular formula is C17H23NO2. The fourth-order valence-electron chi connectivity index (χ4n) is 4.09. The molecule has 0 aromatic heterocycles. The molecule has 1 N–H and O–H groups in total. The first kappa shape index (κ1) is 13.6. The van der Waals surface area contributed by atoms with Crippen molar-refractivity contribution >= 4 is 5.97 Å². The predicted octanol–water partition coefficient (Wildman–Crippen LogP) is 3.18. The first-order chi connectivity index (χ1) is 9.72. The van der Waals surface area contributed by atoms with Crippen LogP contribution in [0.2, 0.25) is 0 Å². The Bertz CT molecular complexity index is 494. The third-order valence-electron chi connectivity index (χ3n) is 4.96. The Morgan fingerprint density at radius 1 is 1.15 bits per heavy atom. The first-order valence-electron chi connectivity index (χ1n) is 7.78. The molecule has 1 aliphatic carbocycles. The van der Waals surface area contributed by atoms with Gasteiger partial charge in [0.15, 0.2) is 0 Å². The van der Waals surface area contributed by atoms with Crippen LogP contribution in [0.25, 0.3) is 0 Å². The van der Waals surface area contributed by atoms with Crippen LogP contribution in [0.1, 0.15) is 49.7 Å². The molecule has 1 aromatic rings. The van der Waals surface area contributed by atoms with Gasteiger partial charge in [-0.05, 0) is 56.3 Å². The summed E-state index contributed by atoms with van der Waals surface area (Å²) < 4.78 is 0. The van der Waals surface area contributed by atoms with Crippen LogP contribution in [0.3, 0.4) is 0 Å². The summed E-state index contributed by atoms with van der Waals surface area (Å²) in [5.74, 6) is -0.674. The second kappa shape index (κ2) is 5.57. The van der Waals surface area contributed by atoms with Gasteiger partial charge in [-0.15, -0.1) is 0 Å². The van der Waals surface area contributed by atoms with Crippen LogP contribution in [0.15, 0.2) is 24.3 Å². The number of piperidine rings is 1. The Morgan fingerprint density at radius 3 is 2.65 bits per heavy atom. The SMILES string of the molecule is O=C(O)CC1(N2CCCCC2)CCCc2ccccc21. The van der Waals surface area contributed by atoms with Crippen LogP contribution in [-0.4, -0.2) is 29.1 Å². The third-order valence-corrected chi connectivity index (χ3v) is 4.96. The van der Waals surface area contributed by atoms with Crippen molar-refractivity contribution in [2.75, 3.05) is 13.1 Å². The molecule has 1 fully saturated rings. The zero-order valence-corrected chi connectivity index (χ0v) is 12.0. The Hall–Kier alpha value is -1.35. The highest BCUT2D eigenvalue weighted by Crippen LogP contribution is 2.43. The molecule has 108 valence electrons. The highest BCUT2D eigenvalue weighted by Gasteiger charge is 2.43. The number of fused-ring (bicyclic) bond motifs is 1. The monoisotopic (exact) mass is 273 g/mol. The van der Waals surface area contributed by atoms with Crippen molar-refractivity contribution in [2.24, 2.45) is 0 Å². The number of carbonyl (C=O) groups is 1. The fourth-order valence-corrected chi connectivity index (χ4v) is 4.09. The number of nitrogens with zero attached hydrogens (tertiary/aromatic N) is 1. The van der Waals surface area contributed by atoms with Crippen molar-refractivity contribution in [1.29, 1.82) is 0 Å². The molecule has 1 saturated heterocycles. The lowest BCUT2D eigenvalue weighted by atomic mass is 9.72. The van der Waals surface area contributed by atoms with Gasteiger partial charge in [-0.1, -0.05) is 30.7 Å². The molecule has 1 heterocycles. The fraction of sp³-hybridized carbons (Fsp3) is 0.588. The van der Waals surface area contributed by atoms with E-state index in [1.54, 1.807) is 0 Å². The van der Waals surface area contributed by atoms with Crippen molar-refractivity contribution in [1.82, 2.24) is 4.90 Å². The van der Waals surface area contributed by atoms with Gasteiger partial charge in [0.05, 0.1) is 12.0 Å². The van der Waals surface area contributed by atoms with Crippen molar-refractivity contribution < 1.29 is 9.90 Å². The van der Waals surface area contributed by atoms with Crippen molar-refractivity contribution in [3.05, 3.63) is 35.4 Å². The lowest BCUT2D eigenvalue weighted by Gasteiger charge is -2.48. The highest BCUT2D eigenvalue weighted by molar-refractivity contribution is 5.69. The minimum atomic E-state index is -0.674. The molecule has 3 rings (SSSR count). The van der Waals surface area contributed by atoms with E-state index in [1.165, 1.54) is 30.4 Å². The molecule has 1 atom stereocenters. The van der Waals surface area contributed by atoms with Crippen LogP contribution in [0.5, 0.6) is 0 Å². The Morgan fingerprint density at radius 2 is 1.90 bits per heavy atom. The average molecular weight is 273 g/mol. The number of aryl methyl sites for hydroxylation is 1. The molecule has 3 nitrogen and oxygen atoms in total. The molecule has 0 spiro atoms. The predicted molar refractivity (Wildman–Crippen MR) is 78.7 cm³/mol. The molecule has 3 heteroatoms.